The van der Waals surface area contributed by atoms with Crippen LogP contribution in [0, 0.1) is 12.8 Å². The van der Waals surface area contributed by atoms with Crippen molar-refractivity contribution in [2.75, 3.05) is 24.5 Å². The Labute approximate surface area is 209 Å². The zero-order valence-electron chi connectivity index (χ0n) is 20.1. The van der Waals surface area contributed by atoms with Crippen molar-refractivity contribution in [2.24, 2.45) is 5.92 Å². The maximum absolute atomic E-state index is 13.2. The number of hydrogen-bond acceptors (Lipinski definition) is 5. The van der Waals surface area contributed by atoms with Crippen molar-refractivity contribution in [2.45, 2.75) is 45.6 Å². The fraction of sp³-hybridized carbons (Fsp3) is 0.407. The minimum atomic E-state index is 0.100. The number of aromatic nitrogens is 4. The van der Waals surface area contributed by atoms with Gasteiger partial charge in [-0.15, -0.1) is 10.2 Å². The quantitative estimate of drug-likeness (QED) is 0.399. The molecule has 4 aromatic rings. The predicted octanol–water partition coefficient (Wildman–Crippen LogP) is 5.13. The Morgan fingerprint density at radius 1 is 1.03 bits per heavy atom. The lowest BCUT2D eigenvalue weighted by molar-refractivity contribution is -0.137. The second-order valence-electron chi connectivity index (χ2n) is 9.93. The number of fused-ring (bicyclic) bond motifs is 3. The van der Waals surface area contributed by atoms with Crippen LogP contribution in [0.1, 0.15) is 38.2 Å². The third kappa shape index (κ3) is 3.92. The molecular weight excluding hydrogens is 460 g/mol. The summed E-state index contributed by atoms with van der Waals surface area (Å²) in [6.45, 7) is 6.32. The second-order valence-corrected chi connectivity index (χ2v) is 10.4. The van der Waals surface area contributed by atoms with Gasteiger partial charge in [-0.3, -0.25) is 4.79 Å². The lowest BCUT2D eigenvalue weighted by atomic mass is 10.0. The Morgan fingerprint density at radius 3 is 2.54 bits per heavy atom. The standard InChI is InChI=1S/C27H29ClN6O/c1-17-7-9-19(10-8-17)24-30-31-25-22-12-11-21(28)15-23(22)29-27(34(24)25)32-13-14-33(18(2)16-32)26(35)20-5-3-4-6-20/h7-12,15,18,20H,3-6,13-14,16H2,1-2H3/t18-/m1/s1. The van der Waals surface area contributed by atoms with Gasteiger partial charge in [-0.2, -0.15) is 0 Å². The average Bonchev–Trinajstić information content (AvgIpc) is 3.54. The SMILES string of the molecule is Cc1ccc(-c2nnc3c4ccc(Cl)cc4nc(N4CCN(C(=O)C5CCCC5)[C@H](C)C4)n23)cc1. The molecule has 2 aromatic carbocycles. The van der Waals surface area contributed by atoms with Gasteiger partial charge in [0.2, 0.25) is 11.9 Å². The maximum Gasteiger partial charge on any atom is 0.226 e. The van der Waals surface area contributed by atoms with Crippen LogP contribution in [0.3, 0.4) is 0 Å². The third-order valence-corrected chi connectivity index (χ3v) is 7.73. The molecule has 6 rings (SSSR count). The average molecular weight is 489 g/mol. The van der Waals surface area contributed by atoms with Crippen LogP contribution in [0.25, 0.3) is 27.9 Å². The van der Waals surface area contributed by atoms with E-state index in [4.69, 9.17) is 16.6 Å². The van der Waals surface area contributed by atoms with Crippen molar-refractivity contribution in [3.63, 3.8) is 0 Å². The molecule has 2 aromatic heterocycles. The van der Waals surface area contributed by atoms with E-state index in [1.54, 1.807) is 0 Å². The van der Waals surface area contributed by atoms with Gasteiger partial charge < -0.3 is 9.80 Å². The molecule has 2 aliphatic rings. The van der Waals surface area contributed by atoms with Crippen LogP contribution in [0.2, 0.25) is 5.02 Å². The zero-order chi connectivity index (χ0) is 24.1. The van der Waals surface area contributed by atoms with Gasteiger partial charge in [-0.1, -0.05) is 54.3 Å². The molecule has 8 heteroatoms. The number of anilines is 1. The molecule has 1 saturated heterocycles. The van der Waals surface area contributed by atoms with Crippen molar-refractivity contribution >= 4 is 40.0 Å². The molecule has 1 aliphatic heterocycles. The van der Waals surface area contributed by atoms with Crippen molar-refractivity contribution in [1.82, 2.24) is 24.5 Å². The Balaban J connectivity index is 1.43. The topological polar surface area (TPSA) is 66.6 Å². The van der Waals surface area contributed by atoms with E-state index in [-0.39, 0.29) is 12.0 Å². The van der Waals surface area contributed by atoms with E-state index in [1.165, 1.54) is 18.4 Å². The molecule has 180 valence electrons. The monoisotopic (exact) mass is 488 g/mol. The van der Waals surface area contributed by atoms with E-state index in [9.17, 15) is 4.79 Å². The van der Waals surface area contributed by atoms with Crippen LogP contribution < -0.4 is 4.90 Å². The summed E-state index contributed by atoms with van der Waals surface area (Å²) in [7, 11) is 0. The van der Waals surface area contributed by atoms with E-state index >= 15 is 0 Å². The van der Waals surface area contributed by atoms with E-state index in [0.29, 0.717) is 30.6 Å². The van der Waals surface area contributed by atoms with Crippen LogP contribution in [0.5, 0.6) is 0 Å². The van der Waals surface area contributed by atoms with E-state index < -0.39 is 0 Å². The van der Waals surface area contributed by atoms with Crippen LogP contribution in [-0.2, 0) is 4.79 Å². The molecular formula is C27H29ClN6O. The molecule has 35 heavy (non-hydrogen) atoms. The van der Waals surface area contributed by atoms with Gasteiger partial charge in [0.15, 0.2) is 11.5 Å². The first-order valence-corrected chi connectivity index (χ1v) is 12.8. The summed E-state index contributed by atoms with van der Waals surface area (Å²) in [4.78, 5) is 22.6. The Morgan fingerprint density at radius 2 is 1.80 bits per heavy atom. The first-order valence-electron chi connectivity index (χ1n) is 12.5. The highest BCUT2D eigenvalue weighted by atomic mass is 35.5. The molecule has 2 fully saturated rings. The van der Waals surface area contributed by atoms with E-state index in [1.807, 2.05) is 18.2 Å². The minimum absolute atomic E-state index is 0.100. The van der Waals surface area contributed by atoms with E-state index in [2.05, 4.69) is 62.5 Å². The molecule has 0 bridgehead atoms. The highest BCUT2D eigenvalue weighted by Gasteiger charge is 2.34. The summed E-state index contributed by atoms with van der Waals surface area (Å²) < 4.78 is 2.06. The number of carbonyl (C=O) groups is 1. The Bertz CT molecular complexity index is 1410. The molecule has 3 heterocycles. The summed E-state index contributed by atoms with van der Waals surface area (Å²) in [5.74, 6) is 2.07. The number of aryl methyl sites for hydroxylation is 1. The Hall–Kier alpha value is -3.19. The highest BCUT2D eigenvalue weighted by molar-refractivity contribution is 6.31. The van der Waals surface area contributed by atoms with Crippen LogP contribution in [0.4, 0.5) is 5.95 Å². The third-order valence-electron chi connectivity index (χ3n) is 7.49. The highest BCUT2D eigenvalue weighted by Crippen LogP contribution is 2.32. The van der Waals surface area contributed by atoms with Crippen molar-refractivity contribution in [1.29, 1.82) is 0 Å². The molecule has 0 unspecified atom stereocenters. The molecule has 1 aliphatic carbocycles. The minimum Gasteiger partial charge on any atom is -0.338 e. The second kappa shape index (κ2) is 8.79. The summed E-state index contributed by atoms with van der Waals surface area (Å²) >= 11 is 6.32. The molecule has 1 saturated carbocycles. The van der Waals surface area contributed by atoms with Gasteiger partial charge in [-0.25, -0.2) is 9.38 Å². The lowest BCUT2D eigenvalue weighted by Crippen LogP contribution is -2.55. The van der Waals surface area contributed by atoms with Crippen LogP contribution in [0.15, 0.2) is 42.5 Å². The van der Waals surface area contributed by atoms with Crippen molar-refractivity contribution < 1.29 is 4.79 Å². The smallest absolute Gasteiger partial charge is 0.226 e. The van der Waals surface area contributed by atoms with Gasteiger partial charge in [0.25, 0.3) is 0 Å². The fourth-order valence-corrected chi connectivity index (χ4v) is 5.73. The molecule has 0 radical (unpaired) electrons. The molecule has 0 N–H and O–H groups in total. The molecule has 7 nitrogen and oxygen atoms in total. The summed E-state index contributed by atoms with van der Waals surface area (Å²) in [5.41, 5.74) is 3.73. The largest absolute Gasteiger partial charge is 0.338 e. The van der Waals surface area contributed by atoms with Gasteiger partial charge in [0.1, 0.15) is 0 Å². The number of nitrogens with zero attached hydrogens (tertiary/aromatic N) is 6. The van der Waals surface area contributed by atoms with Gasteiger partial charge in [0, 0.05) is 47.6 Å². The lowest BCUT2D eigenvalue weighted by Gasteiger charge is -2.41. The van der Waals surface area contributed by atoms with Gasteiger partial charge in [-0.05, 0) is 44.9 Å². The molecule has 0 spiro atoms. The first kappa shape index (κ1) is 22.3. The maximum atomic E-state index is 13.2. The number of hydrogen-bond donors (Lipinski definition) is 0. The fourth-order valence-electron chi connectivity index (χ4n) is 5.57. The van der Waals surface area contributed by atoms with Crippen molar-refractivity contribution in [3.8, 4) is 11.4 Å². The Kier molecular flexibility index (Phi) is 5.60. The number of carbonyl (C=O) groups excluding carboxylic acids is 1. The molecule has 1 amide bonds. The zero-order valence-corrected chi connectivity index (χ0v) is 20.9. The van der Waals surface area contributed by atoms with Crippen LogP contribution >= 0.6 is 11.6 Å². The molecule has 1 atom stereocenters. The summed E-state index contributed by atoms with van der Waals surface area (Å²) in [5, 5.41) is 10.7. The normalized spacial score (nSPS) is 19.2. The summed E-state index contributed by atoms with van der Waals surface area (Å²) in [6.07, 6.45) is 4.39. The number of piperazine rings is 1. The number of rotatable bonds is 3. The number of amides is 1. The van der Waals surface area contributed by atoms with Gasteiger partial charge >= 0.3 is 0 Å². The first-order chi connectivity index (χ1) is 17.0. The number of benzene rings is 2. The van der Waals surface area contributed by atoms with Crippen LogP contribution in [-0.4, -0.2) is 56.1 Å². The van der Waals surface area contributed by atoms with Crippen molar-refractivity contribution in [3.05, 3.63) is 53.1 Å². The summed E-state index contributed by atoms with van der Waals surface area (Å²) in [6, 6.07) is 14.1. The number of halogens is 1. The van der Waals surface area contributed by atoms with Gasteiger partial charge in [0.05, 0.1) is 5.52 Å². The predicted molar refractivity (Wildman–Crippen MR) is 139 cm³/mol. The van der Waals surface area contributed by atoms with E-state index in [0.717, 1.165) is 46.7 Å².